The van der Waals surface area contributed by atoms with Crippen LogP contribution in [0, 0.1) is 0 Å². The molecule has 3 rings (SSSR count). The zero-order chi connectivity index (χ0) is 21.2. The number of aromatic nitrogens is 2. The highest BCUT2D eigenvalue weighted by Gasteiger charge is 2.38. The van der Waals surface area contributed by atoms with Gasteiger partial charge in [0.15, 0.2) is 5.78 Å². The van der Waals surface area contributed by atoms with Crippen molar-refractivity contribution in [1.82, 2.24) is 10.1 Å². The molecule has 0 spiro atoms. The molecule has 5 nitrogen and oxygen atoms in total. The van der Waals surface area contributed by atoms with Gasteiger partial charge in [0.2, 0.25) is 5.82 Å². The van der Waals surface area contributed by atoms with E-state index in [1.807, 2.05) is 0 Å². The highest BCUT2D eigenvalue weighted by Crippen LogP contribution is 2.30. The fraction of sp³-hybridized carbons (Fsp3) is 0.167. The lowest BCUT2D eigenvalue weighted by molar-refractivity contribution is -0.159. The third kappa shape index (κ3) is 4.92. The molecule has 0 amide bonds. The molecule has 0 fully saturated rings. The molecule has 2 aromatic carbocycles. The number of anilines is 1. The number of hydrogen-bond donors (Lipinski definition) is 1. The number of ketones is 1. The van der Waals surface area contributed by atoms with E-state index in [1.54, 1.807) is 0 Å². The molecule has 3 aromatic rings. The minimum Gasteiger partial charge on any atom is -0.378 e. The zero-order valence-corrected chi connectivity index (χ0v) is 14.3. The maximum absolute atomic E-state index is 12.5. The third-order valence-electron chi connectivity index (χ3n) is 3.80. The summed E-state index contributed by atoms with van der Waals surface area (Å²) in [5.41, 5.74) is -0.0150. The average molecular weight is 415 g/mol. The SMILES string of the molecule is O=C(CNc1ccc(C(F)(F)F)cc1)c1ccc(-c2noc(C(F)(F)F)n2)cc1. The Hall–Kier alpha value is -3.37. The van der Waals surface area contributed by atoms with E-state index in [1.165, 1.54) is 36.4 Å². The summed E-state index contributed by atoms with van der Waals surface area (Å²) in [6.45, 7) is -0.189. The number of alkyl halides is 6. The van der Waals surface area contributed by atoms with Gasteiger partial charge in [-0.3, -0.25) is 4.79 Å². The smallest absolute Gasteiger partial charge is 0.378 e. The molecule has 11 heteroatoms. The van der Waals surface area contributed by atoms with Crippen LogP contribution < -0.4 is 5.32 Å². The van der Waals surface area contributed by atoms with Crippen LogP contribution in [0.5, 0.6) is 0 Å². The van der Waals surface area contributed by atoms with Gasteiger partial charge >= 0.3 is 18.2 Å². The van der Waals surface area contributed by atoms with Crippen LogP contribution in [0.25, 0.3) is 11.4 Å². The molecule has 0 unspecified atom stereocenters. The summed E-state index contributed by atoms with van der Waals surface area (Å²) in [5.74, 6) is -2.13. The summed E-state index contributed by atoms with van der Waals surface area (Å²) in [6.07, 6.45) is -9.21. The Balaban J connectivity index is 1.62. The van der Waals surface area contributed by atoms with Gasteiger partial charge < -0.3 is 9.84 Å². The van der Waals surface area contributed by atoms with E-state index in [4.69, 9.17) is 0 Å². The first-order valence-corrected chi connectivity index (χ1v) is 8.00. The Bertz CT molecular complexity index is 992. The van der Waals surface area contributed by atoms with Crippen LogP contribution in [0.4, 0.5) is 32.0 Å². The van der Waals surface area contributed by atoms with Gasteiger partial charge in [-0.25, -0.2) is 0 Å². The second-order valence-corrected chi connectivity index (χ2v) is 5.85. The number of halogens is 6. The molecule has 29 heavy (non-hydrogen) atoms. The molecule has 1 aromatic heterocycles. The molecule has 0 bridgehead atoms. The zero-order valence-electron chi connectivity index (χ0n) is 14.3. The van der Waals surface area contributed by atoms with Crippen molar-refractivity contribution < 1.29 is 35.7 Å². The van der Waals surface area contributed by atoms with Gasteiger partial charge in [-0.1, -0.05) is 29.4 Å². The van der Waals surface area contributed by atoms with Gasteiger partial charge in [-0.2, -0.15) is 31.3 Å². The number of hydrogen-bond acceptors (Lipinski definition) is 5. The number of benzene rings is 2. The molecule has 0 aliphatic carbocycles. The van der Waals surface area contributed by atoms with Gasteiger partial charge in [0.1, 0.15) is 0 Å². The van der Waals surface area contributed by atoms with E-state index < -0.39 is 23.8 Å². The maximum atomic E-state index is 12.5. The van der Waals surface area contributed by atoms with Crippen molar-refractivity contribution in [1.29, 1.82) is 0 Å². The predicted molar refractivity (Wildman–Crippen MR) is 89.0 cm³/mol. The van der Waals surface area contributed by atoms with Gasteiger partial charge in [-0.15, -0.1) is 0 Å². The molecule has 0 saturated carbocycles. The van der Waals surface area contributed by atoms with E-state index in [9.17, 15) is 31.1 Å². The first-order valence-electron chi connectivity index (χ1n) is 8.00. The number of carbonyl (C=O) groups is 1. The summed E-state index contributed by atoms with van der Waals surface area (Å²) >= 11 is 0. The van der Waals surface area contributed by atoms with Crippen molar-refractivity contribution in [3.8, 4) is 11.4 Å². The van der Waals surface area contributed by atoms with Crippen molar-refractivity contribution in [2.45, 2.75) is 12.4 Å². The van der Waals surface area contributed by atoms with Crippen LogP contribution in [0.2, 0.25) is 0 Å². The van der Waals surface area contributed by atoms with Crippen molar-refractivity contribution >= 4 is 11.5 Å². The van der Waals surface area contributed by atoms with Gasteiger partial charge in [0, 0.05) is 16.8 Å². The number of carbonyl (C=O) groups excluding carboxylic acids is 1. The molecule has 1 heterocycles. The molecule has 1 N–H and O–H groups in total. The standard InChI is InChI=1S/C18H11F6N3O2/c19-17(20,21)12-5-7-13(8-6-12)25-9-14(28)10-1-3-11(4-2-10)15-26-16(29-27-15)18(22,23)24/h1-8,25H,9H2. The predicted octanol–water partition coefficient (Wildman–Crippen LogP) is 5.07. The minimum absolute atomic E-state index is 0.189. The number of nitrogens with zero attached hydrogens (tertiary/aromatic N) is 2. The van der Waals surface area contributed by atoms with Crippen LogP contribution in [0.3, 0.4) is 0 Å². The molecule has 0 radical (unpaired) electrons. The average Bonchev–Trinajstić information content (AvgIpc) is 3.16. The molecular formula is C18H11F6N3O2. The largest absolute Gasteiger partial charge is 0.471 e. The molecular weight excluding hydrogens is 404 g/mol. The quantitative estimate of drug-likeness (QED) is 0.466. The van der Waals surface area contributed by atoms with Crippen molar-refractivity contribution in [2.75, 3.05) is 11.9 Å². The maximum Gasteiger partial charge on any atom is 0.471 e. The topological polar surface area (TPSA) is 68.0 Å². The Labute approximate surface area is 159 Å². The second kappa shape index (κ2) is 7.57. The third-order valence-corrected chi connectivity index (χ3v) is 3.80. The van der Waals surface area contributed by atoms with Gasteiger partial charge in [0.05, 0.1) is 12.1 Å². The highest BCUT2D eigenvalue weighted by atomic mass is 19.4. The van der Waals surface area contributed by atoms with Crippen molar-refractivity contribution in [2.24, 2.45) is 0 Å². The minimum atomic E-state index is -4.76. The monoisotopic (exact) mass is 415 g/mol. The normalized spacial score (nSPS) is 12.1. The van der Waals surface area contributed by atoms with E-state index in [2.05, 4.69) is 20.0 Å². The van der Waals surface area contributed by atoms with Gasteiger partial charge in [0.25, 0.3) is 0 Å². The molecule has 0 saturated heterocycles. The van der Waals surface area contributed by atoms with E-state index in [0.29, 0.717) is 5.69 Å². The Morgan fingerprint density at radius 2 is 1.52 bits per heavy atom. The first-order chi connectivity index (χ1) is 13.5. The summed E-state index contributed by atoms with van der Waals surface area (Å²) in [4.78, 5) is 15.4. The van der Waals surface area contributed by atoms with Crippen LogP contribution in [0.1, 0.15) is 21.8 Å². The first kappa shape index (κ1) is 20.4. The van der Waals surface area contributed by atoms with E-state index >= 15 is 0 Å². The van der Waals surface area contributed by atoms with Crippen molar-refractivity contribution in [3.63, 3.8) is 0 Å². The van der Waals surface area contributed by atoms with Gasteiger partial charge in [-0.05, 0) is 24.3 Å². The Morgan fingerprint density at radius 1 is 0.897 bits per heavy atom. The number of nitrogens with one attached hydrogen (secondary N) is 1. The molecule has 0 aliphatic rings. The molecule has 152 valence electrons. The highest BCUT2D eigenvalue weighted by molar-refractivity contribution is 5.99. The number of Topliss-reactive ketones (excluding diaryl/α,β-unsaturated/α-hetero) is 1. The van der Waals surface area contributed by atoms with E-state index in [-0.39, 0.29) is 29.3 Å². The summed E-state index contributed by atoms with van der Waals surface area (Å²) < 4.78 is 79.2. The Kier molecular flexibility index (Phi) is 5.31. The Morgan fingerprint density at radius 3 is 2.03 bits per heavy atom. The lowest BCUT2D eigenvalue weighted by atomic mass is 10.1. The van der Waals surface area contributed by atoms with Crippen molar-refractivity contribution in [3.05, 3.63) is 65.5 Å². The summed E-state index contributed by atoms with van der Waals surface area (Å²) in [6, 6.07) is 9.64. The van der Waals surface area contributed by atoms with Crippen LogP contribution in [0.15, 0.2) is 53.1 Å². The van der Waals surface area contributed by atoms with Crippen LogP contribution in [-0.4, -0.2) is 22.5 Å². The molecule has 0 atom stereocenters. The molecule has 0 aliphatic heterocycles. The number of rotatable bonds is 5. The summed E-state index contributed by atoms with van der Waals surface area (Å²) in [5, 5.41) is 5.95. The van der Waals surface area contributed by atoms with E-state index in [0.717, 1.165) is 12.1 Å². The fourth-order valence-corrected chi connectivity index (χ4v) is 2.32. The van der Waals surface area contributed by atoms with Crippen LogP contribution >= 0.6 is 0 Å². The fourth-order valence-electron chi connectivity index (χ4n) is 2.32. The lowest BCUT2D eigenvalue weighted by Gasteiger charge is -2.09. The lowest BCUT2D eigenvalue weighted by Crippen LogP contribution is -2.14. The van der Waals surface area contributed by atoms with Crippen LogP contribution in [-0.2, 0) is 12.4 Å². The second-order valence-electron chi connectivity index (χ2n) is 5.85. The summed E-state index contributed by atoms with van der Waals surface area (Å²) in [7, 11) is 0.